The lowest BCUT2D eigenvalue weighted by Gasteiger charge is -2.24. The first-order chi connectivity index (χ1) is 7.57. The molecule has 0 spiro atoms. The molecule has 0 fully saturated rings. The molecule has 0 saturated carbocycles. The lowest BCUT2D eigenvalue weighted by Crippen LogP contribution is -2.33. The molecule has 1 aromatic rings. The van der Waals surface area contributed by atoms with Crippen LogP contribution in [0.3, 0.4) is 0 Å². The highest BCUT2D eigenvalue weighted by Gasteiger charge is 2.23. The Balaban J connectivity index is 2.93. The maximum Gasteiger partial charge on any atom is 0.226 e. The lowest BCUT2D eigenvalue weighted by molar-refractivity contribution is -0.134. The Morgan fingerprint density at radius 2 is 2.25 bits per heavy atom. The summed E-state index contributed by atoms with van der Waals surface area (Å²) in [5.74, 6) is -0.159. The third-order valence-corrected chi connectivity index (χ3v) is 2.35. The summed E-state index contributed by atoms with van der Waals surface area (Å²) < 4.78 is 0. The van der Waals surface area contributed by atoms with Crippen molar-refractivity contribution in [3.63, 3.8) is 0 Å². The van der Waals surface area contributed by atoms with E-state index < -0.39 is 6.04 Å². The van der Waals surface area contributed by atoms with Gasteiger partial charge >= 0.3 is 0 Å². The van der Waals surface area contributed by atoms with E-state index in [1.165, 1.54) is 4.90 Å². The van der Waals surface area contributed by atoms with Crippen LogP contribution < -0.4 is 0 Å². The average Bonchev–Trinajstić information content (AvgIpc) is 2.30. The van der Waals surface area contributed by atoms with Crippen molar-refractivity contribution in [1.82, 2.24) is 9.88 Å². The summed E-state index contributed by atoms with van der Waals surface area (Å²) in [6.07, 6.45) is 3.25. The maximum absolute atomic E-state index is 11.8. The zero-order valence-corrected chi connectivity index (χ0v) is 9.71. The molecule has 4 nitrogen and oxygen atoms in total. The quantitative estimate of drug-likeness (QED) is 0.775. The van der Waals surface area contributed by atoms with E-state index >= 15 is 0 Å². The molecule has 0 bridgehead atoms. The van der Waals surface area contributed by atoms with Crippen molar-refractivity contribution in [2.24, 2.45) is 5.92 Å². The summed E-state index contributed by atoms with van der Waals surface area (Å²) in [7, 11) is 1.64. The fourth-order valence-electron chi connectivity index (χ4n) is 1.46. The molecule has 4 heteroatoms. The second-order valence-corrected chi connectivity index (χ2v) is 3.92. The molecular formula is C12H15N3O. The topological polar surface area (TPSA) is 57.0 Å². The first-order valence-electron chi connectivity index (χ1n) is 5.14. The third-order valence-electron chi connectivity index (χ3n) is 2.35. The highest BCUT2D eigenvalue weighted by atomic mass is 16.2. The second-order valence-electron chi connectivity index (χ2n) is 3.92. The van der Waals surface area contributed by atoms with Crippen LogP contribution >= 0.6 is 0 Å². The Labute approximate surface area is 95.5 Å². The predicted molar refractivity (Wildman–Crippen MR) is 60.2 cm³/mol. The summed E-state index contributed by atoms with van der Waals surface area (Å²) in [4.78, 5) is 17.2. The van der Waals surface area contributed by atoms with Gasteiger partial charge in [-0.1, -0.05) is 19.9 Å². The molecule has 1 amide bonds. The van der Waals surface area contributed by atoms with Crippen molar-refractivity contribution < 1.29 is 4.79 Å². The van der Waals surface area contributed by atoms with E-state index in [-0.39, 0.29) is 11.8 Å². The van der Waals surface area contributed by atoms with E-state index in [9.17, 15) is 4.79 Å². The Hall–Kier alpha value is -1.89. The number of hydrogen-bond donors (Lipinski definition) is 0. The van der Waals surface area contributed by atoms with Gasteiger partial charge in [-0.25, -0.2) is 0 Å². The van der Waals surface area contributed by atoms with Gasteiger partial charge in [0.2, 0.25) is 5.91 Å². The number of nitrogens with zero attached hydrogens (tertiary/aromatic N) is 3. The maximum atomic E-state index is 11.8. The van der Waals surface area contributed by atoms with Crippen molar-refractivity contribution in [3.8, 4) is 6.07 Å². The Kier molecular flexibility index (Phi) is 4.01. The summed E-state index contributed by atoms with van der Waals surface area (Å²) in [6, 6.07) is 5.11. The summed E-state index contributed by atoms with van der Waals surface area (Å²) in [5, 5.41) is 9.11. The first kappa shape index (κ1) is 12.2. The van der Waals surface area contributed by atoms with Gasteiger partial charge in [-0.15, -0.1) is 0 Å². The Morgan fingerprint density at radius 1 is 1.56 bits per heavy atom. The molecule has 0 aliphatic heterocycles. The van der Waals surface area contributed by atoms with Gasteiger partial charge in [0.05, 0.1) is 6.07 Å². The van der Waals surface area contributed by atoms with Gasteiger partial charge in [0.1, 0.15) is 6.04 Å². The number of aromatic nitrogens is 1. The molecular weight excluding hydrogens is 202 g/mol. The minimum Gasteiger partial charge on any atom is -0.325 e. The number of nitriles is 1. The van der Waals surface area contributed by atoms with Gasteiger partial charge in [0.15, 0.2) is 0 Å². The fourth-order valence-corrected chi connectivity index (χ4v) is 1.46. The number of pyridine rings is 1. The largest absolute Gasteiger partial charge is 0.325 e. The molecule has 0 aromatic carbocycles. The summed E-state index contributed by atoms with van der Waals surface area (Å²) in [5.41, 5.74) is 0.738. The minimum absolute atomic E-state index is 0.0459. The molecule has 0 radical (unpaired) electrons. The molecule has 0 N–H and O–H groups in total. The van der Waals surface area contributed by atoms with Crippen LogP contribution in [0.15, 0.2) is 24.5 Å². The van der Waals surface area contributed by atoms with Crippen molar-refractivity contribution in [3.05, 3.63) is 30.1 Å². The van der Waals surface area contributed by atoms with E-state index in [2.05, 4.69) is 11.1 Å². The Bertz CT molecular complexity index is 394. The van der Waals surface area contributed by atoms with Crippen LogP contribution in [0.2, 0.25) is 0 Å². The van der Waals surface area contributed by atoms with Crippen LogP contribution in [-0.2, 0) is 4.79 Å². The molecule has 1 aromatic heterocycles. The third kappa shape index (κ3) is 2.57. The van der Waals surface area contributed by atoms with Crippen LogP contribution in [0.1, 0.15) is 25.5 Å². The zero-order chi connectivity index (χ0) is 12.1. The smallest absolute Gasteiger partial charge is 0.226 e. The van der Waals surface area contributed by atoms with Crippen LogP contribution in [0.4, 0.5) is 0 Å². The SMILES string of the molecule is CC(C)C(=O)N(C)C(C#N)c1cccnc1. The van der Waals surface area contributed by atoms with Crippen molar-refractivity contribution in [2.75, 3.05) is 7.05 Å². The monoisotopic (exact) mass is 217 g/mol. The molecule has 0 saturated heterocycles. The van der Waals surface area contributed by atoms with Gasteiger partial charge in [0, 0.05) is 30.9 Å². The minimum atomic E-state index is -0.566. The summed E-state index contributed by atoms with van der Waals surface area (Å²) >= 11 is 0. The van der Waals surface area contributed by atoms with Crippen molar-refractivity contribution >= 4 is 5.91 Å². The van der Waals surface area contributed by atoms with Crippen molar-refractivity contribution in [2.45, 2.75) is 19.9 Å². The zero-order valence-electron chi connectivity index (χ0n) is 9.71. The van der Waals surface area contributed by atoms with E-state index in [0.717, 1.165) is 5.56 Å². The number of hydrogen-bond acceptors (Lipinski definition) is 3. The molecule has 1 unspecified atom stereocenters. The molecule has 1 rings (SSSR count). The van der Waals surface area contributed by atoms with Gasteiger partial charge in [-0.2, -0.15) is 5.26 Å². The normalized spacial score (nSPS) is 11.9. The molecule has 0 aliphatic rings. The van der Waals surface area contributed by atoms with E-state index in [4.69, 9.17) is 5.26 Å². The first-order valence-corrected chi connectivity index (χ1v) is 5.14. The van der Waals surface area contributed by atoms with E-state index in [1.54, 1.807) is 31.6 Å². The Morgan fingerprint density at radius 3 is 2.69 bits per heavy atom. The highest BCUT2D eigenvalue weighted by molar-refractivity contribution is 5.78. The van der Waals surface area contributed by atoms with Gasteiger partial charge in [-0.05, 0) is 6.07 Å². The number of amides is 1. The molecule has 16 heavy (non-hydrogen) atoms. The van der Waals surface area contributed by atoms with Crippen LogP contribution in [0.5, 0.6) is 0 Å². The molecule has 0 aliphatic carbocycles. The number of carbonyl (C=O) groups excluding carboxylic acids is 1. The van der Waals surface area contributed by atoms with Gasteiger partial charge < -0.3 is 4.90 Å². The van der Waals surface area contributed by atoms with Crippen LogP contribution in [-0.4, -0.2) is 22.8 Å². The predicted octanol–water partition coefficient (Wildman–Crippen LogP) is 1.76. The fraction of sp³-hybridized carbons (Fsp3) is 0.417. The van der Waals surface area contributed by atoms with Gasteiger partial charge in [0.25, 0.3) is 0 Å². The molecule has 1 atom stereocenters. The highest BCUT2D eigenvalue weighted by Crippen LogP contribution is 2.19. The molecule has 1 heterocycles. The number of carbonyl (C=O) groups is 1. The van der Waals surface area contributed by atoms with Gasteiger partial charge in [-0.3, -0.25) is 9.78 Å². The van der Waals surface area contributed by atoms with Crippen LogP contribution in [0, 0.1) is 17.2 Å². The lowest BCUT2D eigenvalue weighted by atomic mass is 10.1. The van der Waals surface area contributed by atoms with E-state index in [0.29, 0.717) is 0 Å². The van der Waals surface area contributed by atoms with Crippen molar-refractivity contribution in [1.29, 1.82) is 5.26 Å². The average molecular weight is 217 g/mol. The number of rotatable bonds is 3. The summed E-state index contributed by atoms with van der Waals surface area (Å²) in [6.45, 7) is 3.63. The van der Waals surface area contributed by atoms with E-state index in [1.807, 2.05) is 13.8 Å². The molecule has 84 valence electrons. The second kappa shape index (κ2) is 5.26. The van der Waals surface area contributed by atoms with Crippen LogP contribution in [0.25, 0.3) is 0 Å². The standard InChI is InChI=1S/C12H15N3O/c1-9(2)12(16)15(3)11(7-13)10-5-4-6-14-8-10/h4-6,8-9,11H,1-3H3.